The van der Waals surface area contributed by atoms with Crippen LogP contribution < -0.4 is 5.49 Å². The Morgan fingerprint density at radius 2 is 2.12 bits per heavy atom. The third-order valence-corrected chi connectivity index (χ3v) is 6.74. The first-order chi connectivity index (χ1) is 16.0. The van der Waals surface area contributed by atoms with Crippen molar-refractivity contribution in [1.82, 2.24) is 19.5 Å². The highest BCUT2D eigenvalue weighted by Crippen LogP contribution is 2.38. The van der Waals surface area contributed by atoms with Crippen molar-refractivity contribution in [3.05, 3.63) is 92.1 Å². The second kappa shape index (κ2) is 9.20. The zero-order valence-corrected chi connectivity index (χ0v) is 20.0. The second-order valence-corrected chi connectivity index (χ2v) is 9.44. The van der Waals surface area contributed by atoms with Crippen LogP contribution in [0.5, 0.6) is 0 Å². The number of aryl methyl sites for hydroxylation is 2. The lowest BCUT2D eigenvalue weighted by Gasteiger charge is -2.12. The Bertz CT molecular complexity index is 1440. The van der Waals surface area contributed by atoms with Gasteiger partial charge in [0.1, 0.15) is 17.6 Å². The molecule has 0 radical (unpaired) electrons. The van der Waals surface area contributed by atoms with Gasteiger partial charge in [0.15, 0.2) is 16.3 Å². The van der Waals surface area contributed by atoms with Gasteiger partial charge in [-0.15, -0.1) is 0 Å². The van der Waals surface area contributed by atoms with Crippen LogP contribution >= 0.6 is 39.3 Å². The Kier molecular flexibility index (Phi) is 6.13. The molecule has 1 unspecified atom stereocenters. The van der Waals surface area contributed by atoms with Crippen LogP contribution in [0.2, 0.25) is 5.02 Å². The molecule has 3 heterocycles. The van der Waals surface area contributed by atoms with E-state index in [0.29, 0.717) is 45.0 Å². The molecule has 11 heteroatoms. The van der Waals surface area contributed by atoms with Gasteiger partial charge < -0.3 is 19.0 Å². The van der Waals surface area contributed by atoms with E-state index >= 15 is 0 Å². The maximum absolute atomic E-state index is 14.1. The minimum atomic E-state index is -0.555. The minimum absolute atomic E-state index is 0.0712. The summed E-state index contributed by atoms with van der Waals surface area (Å²) >= 11 is 10.6. The van der Waals surface area contributed by atoms with Crippen LogP contribution in [0.1, 0.15) is 17.4 Å². The largest absolute Gasteiger partial charge is 0.454 e. The van der Waals surface area contributed by atoms with E-state index in [1.807, 2.05) is 24.3 Å². The lowest BCUT2D eigenvalue weighted by Crippen LogP contribution is -2.13. The zero-order chi connectivity index (χ0) is 22.9. The highest BCUT2D eigenvalue weighted by atomic mass is 79.9. The van der Waals surface area contributed by atoms with Crippen LogP contribution in [0.3, 0.4) is 0 Å². The first-order valence-corrected chi connectivity index (χ1v) is 11.8. The van der Waals surface area contributed by atoms with Gasteiger partial charge in [0.2, 0.25) is 5.09 Å². The summed E-state index contributed by atoms with van der Waals surface area (Å²) in [7, 11) is 0. The fourth-order valence-corrected chi connectivity index (χ4v) is 4.71. The summed E-state index contributed by atoms with van der Waals surface area (Å²) in [5, 5.41) is 9.54. The minimum Gasteiger partial charge on any atom is -0.454 e. The van der Waals surface area contributed by atoms with E-state index in [4.69, 9.17) is 26.5 Å². The van der Waals surface area contributed by atoms with Gasteiger partial charge in [-0.25, -0.2) is 14.4 Å². The van der Waals surface area contributed by atoms with Crippen molar-refractivity contribution in [3.63, 3.8) is 0 Å². The number of fused-ring (bicyclic) bond motifs is 1. The summed E-state index contributed by atoms with van der Waals surface area (Å²) in [6, 6.07) is 12.3. The van der Waals surface area contributed by atoms with Gasteiger partial charge in [0.25, 0.3) is 6.29 Å². The number of imidazole rings is 1. The number of benzene rings is 2. The lowest BCUT2D eigenvalue weighted by molar-refractivity contribution is -0.0278. The molecule has 2 N–H and O–H groups in total. The highest BCUT2D eigenvalue weighted by molar-refractivity contribution is 9.10. The number of ether oxygens (including phenoxy) is 2. The van der Waals surface area contributed by atoms with E-state index in [1.54, 1.807) is 23.0 Å². The molecule has 7 nitrogen and oxygen atoms in total. The molecule has 0 bridgehead atoms. The average molecular weight is 549 g/mol. The molecule has 0 saturated carbocycles. The molecule has 5 rings (SSSR count). The first-order valence-electron chi connectivity index (χ1n) is 9.86. The topological polar surface area (TPSA) is 88.8 Å². The van der Waals surface area contributed by atoms with E-state index in [0.717, 1.165) is 10.0 Å². The molecule has 168 valence electrons. The second-order valence-electron chi connectivity index (χ2n) is 7.16. The fourth-order valence-electron chi connectivity index (χ4n) is 3.36. The quantitative estimate of drug-likeness (QED) is 0.324. The number of hydrogen-bond acceptors (Lipinski definition) is 6. The molecule has 4 aromatic rings. The predicted octanol–water partition coefficient (Wildman–Crippen LogP) is 5.67. The average Bonchev–Trinajstić information content (AvgIpc) is 3.43. The molecule has 1 aliphatic heterocycles. The Morgan fingerprint density at radius 1 is 1.27 bits per heavy atom. The molecule has 0 spiro atoms. The maximum Gasteiger partial charge on any atom is 0.268 e. The van der Waals surface area contributed by atoms with Gasteiger partial charge in [0, 0.05) is 21.6 Å². The molecular weight excluding hydrogens is 533 g/mol. The normalized spacial score (nSPS) is 15.4. The van der Waals surface area contributed by atoms with Crippen molar-refractivity contribution in [2.75, 3.05) is 0 Å². The number of nitrogens with zero attached hydrogens (tertiary/aromatic N) is 3. The summed E-state index contributed by atoms with van der Waals surface area (Å²) in [6.45, 7) is 0.434. The third kappa shape index (κ3) is 4.64. The van der Waals surface area contributed by atoms with Gasteiger partial charge in [-0.2, -0.15) is 0 Å². The number of H-pyrrole nitrogens is 1. The maximum atomic E-state index is 14.1. The number of thioether (sulfide) groups is 1. The predicted molar refractivity (Wildman–Crippen MR) is 126 cm³/mol. The van der Waals surface area contributed by atoms with Gasteiger partial charge >= 0.3 is 0 Å². The van der Waals surface area contributed by atoms with Gasteiger partial charge in [0.05, 0.1) is 6.33 Å². The number of halogens is 3. The van der Waals surface area contributed by atoms with Crippen LogP contribution in [-0.2, 0) is 22.4 Å². The Hall–Kier alpha value is -2.82. The smallest absolute Gasteiger partial charge is 0.268 e. The van der Waals surface area contributed by atoms with Crippen molar-refractivity contribution in [2.24, 2.45) is 0 Å². The van der Waals surface area contributed by atoms with Crippen molar-refractivity contribution in [2.45, 2.75) is 24.4 Å². The van der Waals surface area contributed by atoms with Crippen LogP contribution in [0.4, 0.5) is 4.39 Å². The Morgan fingerprint density at radius 3 is 2.94 bits per heavy atom. The number of nitrogens with one attached hydrogen (secondary N) is 2. The van der Waals surface area contributed by atoms with E-state index < -0.39 is 6.29 Å². The molecule has 0 amide bonds. The summed E-state index contributed by atoms with van der Waals surface area (Å²) < 4.78 is 28.4. The molecule has 2 aromatic carbocycles. The summed E-state index contributed by atoms with van der Waals surface area (Å²) in [5.41, 5.74) is 2.52. The highest BCUT2D eigenvalue weighted by Gasteiger charge is 2.25. The molecule has 2 aromatic heterocycles. The number of rotatable bonds is 6. The van der Waals surface area contributed by atoms with E-state index in [1.165, 1.54) is 24.2 Å². The van der Waals surface area contributed by atoms with Gasteiger partial charge in [-0.1, -0.05) is 51.8 Å². The fraction of sp³-hybridized carbons (Fsp3) is 0.136. The Labute approximate surface area is 205 Å². The van der Waals surface area contributed by atoms with Crippen molar-refractivity contribution >= 4 is 50.5 Å². The third-order valence-electron chi connectivity index (χ3n) is 5.00. The van der Waals surface area contributed by atoms with Gasteiger partial charge in [-0.05, 0) is 41.9 Å². The van der Waals surface area contributed by atoms with Crippen LogP contribution in [-0.4, -0.2) is 19.5 Å². The SMILES string of the molecule is N=c1ncn(CCc2ccc(Cl)cc2F)c2nc(SC3=COC(c4ccccc4Br)O3)[nH]c12. The van der Waals surface area contributed by atoms with Crippen molar-refractivity contribution in [1.29, 1.82) is 5.41 Å². The number of hydrogen-bond donors (Lipinski definition) is 2. The number of aromatic amines is 1. The van der Waals surface area contributed by atoms with Crippen molar-refractivity contribution < 1.29 is 13.9 Å². The summed E-state index contributed by atoms with van der Waals surface area (Å²) in [5.74, 6) is -0.354. The first kappa shape index (κ1) is 22.0. The molecule has 0 saturated heterocycles. The van der Waals surface area contributed by atoms with Crippen LogP contribution in [0.15, 0.2) is 69.8 Å². The van der Waals surface area contributed by atoms with Crippen molar-refractivity contribution in [3.8, 4) is 0 Å². The van der Waals surface area contributed by atoms with Gasteiger partial charge in [-0.3, -0.25) is 5.41 Å². The summed E-state index contributed by atoms with van der Waals surface area (Å²) in [4.78, 5) is 11.9. The van der Waals surface area contributed by atoms with Crippen LogP contribution in [0, 0.1) is 11.2 Å². The Balaban J connectivity index is 1.34. The summed E-state index contributed by atoms with van der Waals surface area (Å²) in [6.07, 6.45) is 2.94. The standard InChI is InChI=1S/C22H16BrClFN5O2S/c23-15-4-2-1-3-14(15)21-31-10-17(32-21)33-22-28-18-19(26)27-11-30(20(18)29-22)8-7-12-5-6-13(24)9-16(12)25/h1-6,9-11,21,26H,7-8H2,(H,28,29). The van der Waals surface area contributed by atoms with E-state index in [-0.39, 0.29) is 11.3 Å². The van der Waals surface area contributed by atoms with Crippen LogP contribution in [0.25, 0.3) is 11.2 Å². The lowest BCUT2D eigenvalue weighted by atomic mass is 10.1. The van der Waals surface area contributed by atoms with E-state index in [2.05, 4.69) is 30.9 Å². The molecule has 1 aliphatic rings. The molecular formula is C22H16BrClFN5O2S. The monoisotopic (exact) mass is 547 g/mol. The number of aromatic nitrogens is 4. The molecule has 33 heavy (non-hydrogen) atoms. The zero-order valence-electron chi connectivity index (χ0n) is 16.9. The molecule has 1 atom stereocenters. The molecule has 0 aliphatic carbocycles. The van der Waals surface area contributed by atoms with E-state index in [9.17, 15) is 4.39 Å². The molecule has 0 fully saturated rings.